The smallest absolute Gasteiger partial charge is 0.323 e. The lowest BCUT2D eigenvalue weighted by Crippen LogP contribution is -2.35. The van der Waals surface area contributed by atoms with Crippen LogP contribution in [0.3, 0.4) is 0 Å². The Morgan fingerprint density at radius 1 is 1.13 bits per heavy atom. The molecule has 2 atom stereocenters. The van der Waals surface area contributed by atoms with Gasteiger partial charge in [-0.3, -0.25) is 14.7 Å². The molecule has 0 aromatic carbocycles. The summed E-state index contributed by atoms with van der Waals surface area (Å²) in [6, 6.07) is -0.408. The van der Waals surface area contributed by atoms with E-state index in [9.17, 15) is 9.59 Å². The van der Waals surface area contributed by atoms with E-state index >= 15 is 0 Å². The van der Waals surface area contributed by atoms with Gasteiger partial charge >= 0.3 is 5.97 Å². The lowest BCUT2D eigenvalue weighted by Gasteiger charge is -2.25. The number of hydrogen-bond donors (Lipinski definition) is 1. The van der Waals surface area contributed by atoms with Gasteiger partial charge in [-0.05, 0) is 20.8 Å². The van der Waals surface area contributed by atoms with E-state index in [0.717, 1.165) is 0 Å². The van der Waals surface area contributed by atoms with Crippen molar-refractivity contribution in [2.75, 3.05) is 12.4 Å². The summed E-state index contributed by atoms with van der Waals surface area (Å²) in [4.78, 5) is 23.7. The molecule has 23 heavy (non-hydrogen) atoms. The normalized spacial score (nSPS) is 14.9. The van der Waals surface area contributed by atoms with Crippen LogP contribution in [0.25, 0.3) is 0 Å². The zero-order valence-electron chi connectivity index (χ0n) is 15.6. The van der Waals surface area contributed by atoms with Crippen LogP contribution in [0, 0.1) is 5.41 Å². The average Bonchev–Trinajstić information content (AvgIpc) is 2.39. The van der Waals surface area contributed by atoms with Crippen LogP contribution in [0.5, 0.6) is 0 Å². The quantitative estimate of drug-likeness (QED) is 0.379. The fourth-order valence-electron chi connectivity index (χ4n) is 1.40. The van der Waals surface area contributed by atoms with Gasteiger partial charge in [0.15, 0.2) is 5.12 Å². The summed E-state index contributed by atoms with van der Waals surface area (Å²) in [7, 11) is -0.951. The van der Waals surface area contributed by atoms with Crippen molar-refractivity contribution in [3.63, 3.8) is 0 Å². The van der Waals surface area contributed by atoms with E-state index < -0.39 is 14.3 Å². The number of rotatable bonds is 9. The molecule has 0 aromatic rings. The Hall–Kier alpha value is -0.160. The molecule has 0 aromatic heterocycles. The minimum atomic E-state index is -0.951. The van der Waals surface area contributed by atoms with Crippen LogP contribution < -0.4 is 5.09 Å². The predicted molar refractivity (Wildman–Crippen MR) is 98.8 cm³/mol. The van der Waals surface area contributed by atoms with Gasteiger partial charge in [0.05, 0.1) is 12.7 Å². The molecule has 0 aliphatic heterocycles. The summed E-state index contributed by atoms with van der Waals surface area (Å²) in [5.74, 6) is 0.350. The maximum Gasteiger partial charge on any atom is 0.323 e. The average molecular weight is 365 g/mol. The largest absolute Gasteiger partial charge is 0.462 e. The molecule has 136 valence electrons. The molecule has 0 rings (SSSR count). The van der Waals surface area contributed by atoms with Crippen LogP contribution in [-0.2, 0) is 18.8 Å². The van der Waals surface area contributed by atoms with Crippen molar-refractivity contribution in [2.24, 2.45) is 5.41 Å². The van der Waals surface area contributed by atoms with Gasteiger partial charge in [-0.2, -0.15) is 0 Å². The van der Waals surface area contributed by atoms with Crippen molar-refractivity contribution in [3.05, 3.63) is 0 Å². The van der Waals surface area contributed by atoms with E-state index in [1.54, 1.807) is 6.92 Å². The molecular weight excluding hydrogens is 333 g/mol. The topological polar surface area (TPSA) is 64.6 Å². The van der Waals surface area contributed by atoms with Gasteiger partial charge in [-0.25, -0.2) is 0 Å². The number of hydrogen-bond acceptors (Lipinski definition) is 6. The summed E-state index contributed by atoms with van der Waals surface area (Å²) in [5, 5.41) is 3.38. The molecule has 0 amide bonds. The van der Waals surface area contributed by atoms with E-state index in [1.165, 1.54) is 11.8 Å². The molecule has 0 aliphatic carbocycles. The van der Waals surface area contributed by atoms with Crippen molar-refractivity contribution >= 4 is 31.1 Å². The lowest BCUT2D eigenvalue weighted by atomic mass is 10.00. The molecule has 0 saturated carbocycles. The summed E-state index contributed by atoms with van der Waals surface area (Å²) in [5.41, 5.74) is -0.0662. The fourth-order valence-corrected chi connectivity index (χ4v) is 3.75. The molecular formula is C16H32NO4PS. The predicted octanol–water partition coefficient (Wildman–Crippen LogP) is 3.96. The molecule has 5 nitrogen and oxygen atoms in total. The molecule has 0 heterocycles. The maximum atomic E-state index is 11.9. The standard InChI is InChI=1S/C16H32NO4PS/c1-11(2)21-14(18)13(5)17-22(12(3)4)20-9-10-23-15(19)16(6,7)8/h11-13,17H,9-10H2,1-8H3/t13-,22?/m0/s1. The highest BCUT2D eigenvalue weighted by atomic mass is 32.2. The second kappa shape index (κ2) is 10.7. The van der Waals surface area contributed by atoms with Crippen LogP contribution in [0.4, 0.5) is 0 Å². The minimum absolute atomic E-state index is 0.127. The van der Waals surface area contributed by atoms with Crippen LogP contribution in [0.15, 0.2) is 0 Å². The summed E-state index contributed by atoms with van der Waals surface area (Å²) in [6.07, 6.45) is -0.127. The van der Waals surface area contributed by atoms with Crippen LogP contribution >= 0.6 is 20.1 Å². The van der Waals surface area contributed by atoms with Gasteiger partial charge < -0.3 is 9.26 Å². The van der Waals surface area contributed by atoms with Crippen molar-refractivity contribution in [1.82, 2.24) is 5.09 Å². The van der Waals surface area contributed by atoms with Gasteiger partial charge in [0.2, 0.25) is 0 Å². The van der Waals surface area contributed by atoms with Gasteiger partial charge in [-0.15, -0.1) is 0 Å². The zero-order chi connectivity index (χ0) is 18.2. The molecule has 0 radical (unpaired) electrons. The van der Waals surface area contributed by atoms with Crippen LogP contribution in [0.2, 0.25) is 0 Å². The first-order valence-electron chi connectivity index (χ1n) is 8.01. The van der Waals surface area contributed by atoms with Gasteiger partial charge in [0.1, 0.15) is 14.3 Å². The first kappa shape index (κ1) is 22.8. The Balaban J connectivity index is 4.28. The third-order valence-corrected chi connectivity index (χ3v) is 5.94. The Morgan fingerprint density at radius 3 is 2.13 bits per heavy atom. The highest BCUT2D eigenvalue weighted by molar-refractivity contribution is 8.13. The van der Waals surface area contributed by atoms with E-state index in [0.29, 0.717) is 12.4 Å². The molecule has 7 heteroatoms. The number of nitrogens with one attached hydrogen (secondary N) is 1. The highest BCUT2D eigenvalue weighted by Crippen LogP contribution is 2.38. The Morgan fingerprint density at radius 2 is 1.70 bits per heavy atom. The molecule has 1 unspecified atom stereocenters. The van der Waals surface area contributed by atoms with Crippen molar-refractivity contribution in [3.8, 4) is 0 Å². The highest BCUT2D eigenvalue weighted by Gasteiger charge is 2.24. The van der Waals surface area contributed by atoms with Crippen LogP contribution in [-0.4, -0.2) is 41.2 Å². The first-order chi connectivity index (χ1) is 10.4. The molecule has 0 bridgehead atoms. The second-order valence-corrected chi connectivity index (χ2v) is 10.2. The molecule has 0 fully saturated rings. The minimum Gasteiger partial charge on any atom is -0.462 e. The van der Waals surface area contributed by atoms with Crippen molar-refractivity contribution in [1.29, 1.82) is 0 Å². The number of thioether (sulfide) groups is 1. The molecule has 1 N–H and O–H groups in total. The number of ether oxygens (including phenoxy) is 1. The van der Waals surface area contributed by atoms with Crippen molar-refractivity contribution in [2.45, 2.75) is 73.2 Å². The van der Waals surface area contributed by atoms with Crippen molar-refractivity contribution < 1.29 is 18.8 Å². The van der Waals surface area contributed by atoms with Crippen LogP contribution in [0.1, 0.15) is 55.4 Å². The SMILES string of the molecule is CC(C)OC(=O)[C@H](C)NP(OCCSC(=O)C(C)(C)C)C(C)C. The van der Waals surface area contributed by atoms with E-state index in [4.69, 9.17) is 9.26 Å². The summed E-state index contributed by atoms with van der Waals surface area (Å²) < 4.78 is 11.1. The zero-order valence-corrected chi connectivity index (χ0v) is 17.3. The van der Waals surface area contributed by atoms with Gasteiger partial charge in [-0.1, -0.05) is 46.4 Å². The number of carbonyl (C=O) groups is 2. The number of carbonyl (C=O) groups excluding carboxylic acids is 2. The molecule has 0 aliphatic rings. The number of esters is 1. The fraction of sp³-hybridized carbons (Fsp3) is 0.875. The van der Waals surface area contributed by atoms with Gasteiger partial charge in [0, 0.05) is 16.8 Å². The van der Waals surface area contributed by atoms with E-state index in [-0.39, 0.29) is 28.3 Å². The first-order valence-corrected chi connectivity index (χ1v) is 10.3. The third kappa shape index (κ3) is 10.3. The third-order valence-electron chi connectivity index (χ3n) is 2.65. The molecule has 0 saturated heterocycles. The summed E-state index contributed by atoms with van der Waals surface area (Å²) >= 11 is 1.30. The maximum absolute atomic E-state index is 11.9. The van der Waals surface area contributed by atoms with E-state index in [1.807, 2.05) is 48.5 Å². The second-order valence-electron chi connectivity index (χ2n) is 6.98. The Bertz CT molecular complexity index is 383. The van der Waals surface area contributed by atoms with Gasteiger partial charge in [0.25, 0.3) is 0 Å². The Kier molecular flexibility index (Phi) is 10.6. The summed E-state index contributed by atoms with van der Waals surface area (Å²) in [6.45, 7) is 15.7. The van der Waals surface area contributed by atoms with E-state index in [2.05, 4.69) is 5.09 Å². The lowest BCUT2D eigenvalue weighted by molar-refractivity contribution is -0.148. The molecule has 0 spiro atoms. The Labute approximate surface area is 146 Å². The monoisotopic (exact) mass is 365 g/mol.